The quantitative estimate of drug-likeness (QED) is 0.823. The first-order valence-corrected chi connectivity index (χ1v) is 6.10. The van der Waals surface area contributed by atoms with Crippen LogP contribution in [0.2, 0.25) is 0 Å². The summed E-state index contributed by atoms with van der Waals surface area (Å²) in [5.41, 5.74) is 6.67. The molecular weight excluding hydrogens is 216 g/mol. The lowest BCUT2D eigenvalue weighted by atomic mass is 10.2. The van der Waals surface area contributed by atoms with E-state index < -0.39 is 0 Å². The standard InChI is InChI=1S/C13H20N2O2/c14-11-12-1-3-13(4-2-12)17-10-7-15-5-8-16-9-6-15/h1-4H,5-11,14H2. The Kier molecular flexibility index (Phi) is 4.79. The third-order valence-electron chi connectivity index (χ3n) is 2.94. The van der Waals surface area contributed by atoms with Crippen LogP contribution in [0.1, 0.15) is 5.56 Å². The summed E-state index contributed by atoms with van der Waals surface area (Å²) in [5, 5.41) is 0. The number of hydrogen-bond donors (Lipinski definition) is 1. The zero-order valence-corrected chi connectivity index (χ0v) is 10.1. The van der Waals surface area contributed by atoms with E-state index in [0.717, 1.165) is 50.8 Å². The molecule has 0 bridgehead atoms. The molecule has 1 aliphatic rings. The molecule has 1 aromatic carbocycles. The number of rotatable bonds is 5. The van der Waals surface area contributed by atoms with Crippen molar-refractivity contribution in [2.45, 2.75) is 6.54 Å². The molecule has 1 aromatic rings. The molecule has 2 N–H and O–H groups in total. The van der Waals surface area contributed by atoms with Gasteiger partial charge in [-0.2, -0.15) is 0 Å². The van der Waals surface area contributed by atoms with Gasteiger partial charge < -0.3 is 15.2 Å². The molecule has 0 aliphatic carbocycles. The summed E-state index contributed by atoms with van der Waals surface area (Å²) in [7, 11) is 0. The average molecular weight is 236 g/mol. The first kappa shape index (κ1) is 12.4. The van der Waals surface area contributed by atoms with Crippen molar-refractivity contribution in [3.63, 3.8) is 0 Å². The predicted octanol–water partition coefficient (Wildman–Crippen LogP) is 0.856. The van der Waals surface area contributed by atoms with E-state index in [2.05, 4.69) is 4.90 Å². The van der Waals surface area contributed by atoms with Crippen LogP contribution >= 0.6 is 0 Å². The minimum atomic E-state index is 0.577. The van der Waals surface area contributed by atoms with Gasteiger partial charge in [0.25, 0.3) is 0 Å². The van der Waals surface area contributed by atoms with E-state index in [1.54, 1.807) is 0 Å². The molecule has 94 valence electrons. The topological polar surface area (TPSA) is 47.7 Å². The average Bonchev–Trinajstić information content (AvgIpc) is 2.41. The van der Waals surface area contributed by atoms with Crippen molar-refractivity contribution >= 4 is 0 Å². The van der Waals surface area contributed by atoms with Gasteiger partial charge in [-0.05, 0) is 17.7 Å². The Bertz CT molecular complexity index is 321. The summed E-state index contributed by atoms with van der Waals surface area (Å²) in [4.78, 5) is 2.36. The van der Waals surface area contributed by atoms with Crippen LogP contribution in [0.25, 0.3) is 0 Å². The van der Waals surface area contributed by atoms with E-state index >= 15 is 0 Å². The van der Waals surface area contributed by atoms with Gasteiger partial charge in [0, 0.05) is 26.2 Å². The molecule has 4 nitrogen and oxygen atoms in total. The Morgan fingerprint density at radius 1 is 1.18 bits per heavy atom. The second kappa shape index (κ2) is 6.59. The van der Waals surface area contributed by atoms with Gasteiger partial charge in [-0.3, -0.25) is 4.90 Å². The van der Waals surface area contributed by atoms with Crippen molar-refractivity contribution in [1.82, 2.24) is 4.90 Å². The SMILES string of the molecule is NCc1ccc(OCCN2CCOCC2)cc1. The van der Waals surface area contributed by atoms with Gasteiger partial charge in [-0.25, -0.2) is 0 Å². The molecule has 1 aliphatic heterocycles. The highest BCUT2D eigenvalue weighted by Gasteiger charge is 2.09. The van der Waals surface area contributed by atoms with Crippen LogP contribution in [0.3, 0.4) is 0 Å². The molecule has 0 amide bonds. The Morgan fingerprint density at radius 2 is 1.88 bits per heavy atom. The van der Waals surface area contributed by atoms with E-state index in [1.807, 2.05) is 24.3 Å². The van der Waals surface area contributed by atoms with E-state index in [1.165, 1.54) is 0 Å². The van der Waals surface area contributed by atoms with Gasteiger partial charge in [-0.15, -0.1) is 0 Å². The molecule has 1 fully saturated rings. The van der Waals surface area contributed by atoms with Gasteiger partial charge in [-0.1, -0.05) is 12.1 Å². The number of morpholine rings is 1. The summed E-state index contributed by atoms with van der Waals surface area (Å²) >= 11 is 0. The van der Waals surface area contributed by atoms with Crippen LogP contribution in [0.5, 0.6) is 5.75 Å². The molecule has 0 saturated carbocycles. The maximum atomic E-state index is 5.68. The lowest BCUT2D eigenvalue weighted by Gasteiger charge is -2.26. The van der Waals surface area contributed by atoms with Crippen LogP contribution in [0, 0.1) is 0 Å². The minimum absolute atomic E-state index is 0.577. The second-order valence-electron chi connectivity index (χ2n) is 4.15. The molecule has 4 heteroatoms. The summed E-state index contributed by atoms with van der Waals surface area (Å²) in [6.45, 7) is 5.96. The van der Waals surface area contributed by atoms with E-state index in [0.29, 0.717) is 6.54 Å². The fraction of sp³-hybridized carbons (Fsp3) is 0.538. The summed E-state index contributed by atoms with van der Waals surface area (Å²) in [6, 6.07) is 7.96. The Hall–Kier alpha value is -1.10. The van der Waals surface area contributed by atoms with Crippen LogP contribution < -0.4 is 10.5 Å². The molecule has 0 radical (unpaired) electrons. The fourth-order valence-corrected chi connectivity index (χ4v) is 1.84. The summed E-state index contributed by atoms with van der Waals surface area (Å²) < 4.78 is 11.0. The monoisotopic (exact) mass is 236 g/mol. The lowest BCUT2D eigenvalue weighted by Crippen LogP contribution is -2.38. The minimum Gasteiger partial charge on any atom is -0.492 e. The van der Waals surface area contributed by atoms with Crippen molar-refractivity contribution < 1.29 is 9.47 Å². The molecule has 1 saturated heterocycles. The number of nitrogens with zero attached hydrogens (tertiary/aromatic N) is 1. The first-order valence-electron chi connectivity index (χ1n) is 6.10. The Labute approximate surface area is 102 Å². The third kappa shape index (κ3) is 4.00. The van der Waals surface area contributed by atoms with Crippen LogP contribution in [0.4, 0.5) is 0 Å². The number of nitrogens with two attached hydrogens (primary N) is 1. The molecule has 1 heterocycles. The number of hydrogen-bond acceptors (Lipinski definition) is 4. The van der Waals surface area contributed by atoms with Gasteiger partial charge in [0.2, 0.25) is 0 Å². The zero-order chi connectivity index (χ0) is 11.9. The fourth-order valence-electron chi connectivity index (χ4n) is 1.84. The van der Waals surface area contributed by atoms with Crippen LogP contribution in [-0.2, 0) is 11.3 Å². The maximum absolute atomic E-state index is 5.68. The number of benzene rings is 1. The predicted molar refractivity (Wildman–Crippen MR) is 67.1 cm³/mol. The van der Waals surface area contributed by atoms with Crippen molar-refractivity contribution in [3.8, 4) is 5.75 Å². The zero-order valence-electron chi connectivity index (χ0n) is 10.1. The number of ether oxygens (including phenoxy) is 2. The van der Waals surface area contributed by atoms with Crippen LogP contribution in [0.15, 0.2) is 24.3 Å². The second-order valence-corrected chi connectivity index (χ2v) is 4.15. The van der Waals surface area contributed by atoms with Crippen molar-refractivity contribution in [3.05, 3.63) is 29.8 Å². The highest BCUT2D eigenvalue weighted by Crippen LogP contribution is 2.11. The van der Waals surface area contributed by atoms with Gasteiger partial charge in [0.1, 0.15) is 12.4 Å². The van der Waals surface area contributed by atoms with Gasteiger partial charge >= 0.3 is 0 Å². The van der Waals surface area contributed by atoms with E-state index in [4.69, 9.17) is 15.2 Å². The third-order valence-corrected chi connectivity index (χ3v) is 2.94. The van der Waals surface area contributed by atoms with E-state index in [-0.39, 0.29) is 0 Å². The molecule has 17 heavy (non-hydrogen) atoms. The highest BCUT2D eigenvalue weighted by molar-refractivity contribution is 5.27. The molecule has 0 unspecified atom stereocenters. The lowest BCUT2D eigenvalue weighted by molar-refractivity contribution is 0.0322. The molecule has 0 atom stereocenters. The van der Waals surface area contributed by atoms with Crippen LogP contribution in [-0.4, -0.2) is 44.4 Å². The molecular formula is C13H20N2O2. The summed E-state index contributed by atoms with van der Waals surface area (Å²) in [6.07, 6.45) is 0. The van der Waals surface area contributed by atoms with Crippen molar-refractivity contribution in [2.75, 3.05) is 39.5 Å². The van der Waals surface area contributed by atoms with Gasteiger partial charge in [0.05, 0.1) is 13.2 Å². The van der Waals surface area contributed by atoms with E-state index in [9.17, 15) is 0 Å². The Balaban J connectivity index is 1.69. The molecule has 0 aromatic heterocycles. The maximum Gasteiger partial charge on any atom is 0.119 e. The summed E-state index contributed by atoms with van der Waals surface area (Å²) in [5.74, 6) is 0.912. The highest BCUT2D eigenvalue weighted by atomic mass is 16.5. The molecule has 2 rings (SSSR count). The van der Waals surface area contributed by atoms with Crippen molar-refractivity contribution in [1.29, 1.82) is 0 Å². The van der Waals surface area contributed by atoms with Gasteiger partial charge in [0.15, 0.2) is 0 Å². The first-order chi connectivity index (χ1) is 8.38. The molecule has 0 spiro atoms. The van der Waals surface area contributed by atoms with Crippen molar-refractivity contribution in [2.24, 2.45) is 5.73 Å². The Morgan fingerprint density at radius 3 is 2.53 bits per heavy atom. The smallest absolute Gasteiger partial charge is 0.119 e. The largest absolute Gasteiger partial charge is 0.492 e. The normalized spacial score (nSPS) is 17.0.